The molecule has 0 aromatic carbocycles. The number of urea groups is 1. The van der Waals surface area contributed by atoms with Crippen LogP contribution >= 0.6 is 0 Å². The van der Waals surface area contributed by atoms with Crippen LogP contribution < -0.4 is 26.6 Å². The molecule has 1 saturated heterocycles. The van der Waals surface area contributed by atoms with Crippen molar-refractivity contribution in [3.05, 3.63) is 12.7 Å². The van der Waals surface area contributed by atoms with E-state index < -0.39 is 58.2 Å². The van der Waals surface area contributed by atoms with Crippen LogP contribution in [-0.2, 0) is 30.3 Å². The fraction of sp³-hybridized carbons (Fsp3) is 0.811. The predicted octanol–water partition coefficient (Wildman–Crippen LogP) is 3.52. The molecule has 6 N–H and O–H groups in total. The Labute approximate surface area is 308 Å². The third-order valence-electron chi connectivity index (χ3n) is 10.1. The van der Waals surface area contributed by atoms with Gasteiger partial charge < -0.3 is 36.0 Å². The highest BCUT2D eigenvalue weighted by Crippen LogP contribution is 2.40. The number of nitrogens with one attached hydrogen (secondary N) is 5. The Balaban J connectivity index is 2.29. The first-order valence-electron chi connectivity index (χ1n) is 18.5. The minimum Gasteiger partial charge on any atom is -0.346 e. The van der Waals surface area contributed by atoms with Crippen LogP contribution in [0.1, 0.15) is 107 Å². The van der Waals surface area contributed by atoms with Crippen LogP contribution in [0.25, 0.3) is 0 Å². The summed E-state index contributed by atoms with van der Waals surface area (Å²) in [6, 6.07) is -3.71. The number of likely N-dealkylation sites (tertiary alicyclic amines) is 1. The van der Waals surface area contributed by atoms with Gasteiger partial charge in [0.1, 0.15) is 12.1 Å². The van der Waals surface area contributed by atoms with Gasteiger partial charge in [0.25, 0.3) is 5.91 Å². The first kappa shape index (κ1) is 44.3. The van der Waals surface area contributed by atoms with Gasteiger partial charge in [-0.15, -0.1) is 6.58 Å². The number of carbonyl (C=O) groups excluding carboxylic acids is 5. The molecule has 1 saturated carbocycles. The largest absolute Gasteiger partial charge is 0.346 e. The summed E-state index contributed by atoms with van der Waals surface area (Å²) >= 11 is -1.82. The number of amides is 5. The van der Waals surface area contributed by atoms with Crippen LogP contribution in [-0.4, -0.2) is 99.3 Å². The summed E-state index contributed by atoms with van der Waals surface area (Å²) in [5, 5.41) is 14.7. The van der Waals surface area contributed by atoms with Gasteiger partial charge in [-0.25, -0.2) is 9.00 Å². The lowest BCUT2D eigenvalue weighted by atomic mass is 9.75. The maximum atomic E-state index is 14.5. The van der Waals surface area contributed by atoms with Crippen molar-refractivity contribution < 1.29 is 32.7 Å². The first-order valence-corrected chi connectivity index (χ1v) is 19.7. The van der Waals surface area contributed by atoms with E-state index in [0.29, 0.717) is 45.3 Å². The molecule has 51 heavy (non-hydrogen) atoms. The molecule has 2 fully saturated rings. The highest BCUT2D eigenvalue weighted by molar-refractivity contribution is 7.79. The van der Waals surface area contributed by atoms with Gasteiger partial charge in [-0.1, -0.05) is 87.7 Å². The van der Waals surface area contributed by atoms with Crippen molar-refractivity contribution in [2.45, 2.75) is 131 Å². The standard InChI is InChI=1S/C37H66N6O7S/c1-11-18-39-32(46)29(44)26(22-24-15-14-16-24)40-31(45)28-25(35(2,3)4)17-20-43(28)33(47)30(37(8,9)10)42-34(48)41-27(36(5,6)7)23-38-19-12-13-21-51(49)50/h11,24-28,30,38H,1,12-23H2,2-10H3,(H,39,46)(H,40,45)(H,49,50)(H2,41,42,48)/t25-,26?,27+,28-,30+/m0/s1. The lowest BCUT2D eigenvalue weighted by Gasteiger charge is -2.39. The number of hydrogen-bond donors (Lipinski definition) is 6. The predicted molar refractivity (Wildman–Crippen MR) is 201 cm³/mol. The SMILES string of the molecule is C=CCNC(=O)C(=O)C(CC1CCC1)NC(=O)[C@@H]1[C@@H](C(C)(C)C)CCN1C(=O)[C@@H](NC(=O)N[C@H](CNCCCCS(=O)O)C(C)(C)C)C(C)(C)C. The molecule has 0 aromatic rings. The zero-order chi connectivity index (χ0) is 38.7. The van der Waals surface area contributed by atoms with Crippen LogP contribution in [0.5, 0.6) is 0 Å². The summed E-state index contributed by atoms with van der Waals surface area (Å²) in [4.78, 5) is 69.9. The van der Waals surface area contributed by atoms with Crippen molar-refractivity contribution in [2.24, 2.45) is 28.1 Å². The van der Waals surface area contributed by atoms with Crippen molar-refractivity contribution >= 4 is 40.6 Å². The van der Waals surface area contributed by atoms with Crippen molar-refractivity contribution in [3.8, 4) is 0 Å². The van der Waals surface area contributed by atoms with Gasteiger partial charge in [-0.3, -0.25) is 19.2 Å². The maximum Gasteiger partial charge on any atom is 0.315 e. The van der Waals surface area contributed by atoms with Crippen molar-refractivity contribution in [1.29, 1.82) is 0 Å². The quantitative estimate of drug-likeness (QED) is 0.0534. The second-order valence-electron chi connectivity index (χ2n) is 17.5. The molecule has 1 aliphatic heterocycles. The zero-order valence-corrected chi connectivity index (χ0v) is 33.3. The van der Waals surface area contributed by atoms with Crippen LogP contribution in [0.2, 0.25) is 0 Å². The number of rotatable bonds is 18. The minimum atomic E-state index is -1.82. The Hall–Kier alpha value is -2.84. The molecule has 2 rings (SSSR count). The molecule has 13 nitrogen and oxygen atoms in total. The number of carbonyl (C=O) groups is 5. The van der Waals surface area contributed by atoms with E-state index in [1.807, 2.05) is 62.3 Å². The molecular weight excluding hydrogens is 673 g/mol. The van der Waals surface area contributed by atoms with Gasteiger partial charge >= 0.3 is 6.03 Å². The average molecular weight is 739 g/mol. The van der Waals surface area contributed by atoms with E-state index in [1.54, 1.807) is 4.90 Å². The van der Waals surface area contributed by atoms with Gasteiger partial charge in [0.15, 0.2) is 11.1 Å². The molecule has 1 aliphatic carbocycles. The highest BCUT2D eigenvalue weighted by atomic mass is 32.2. The van der Waals surface area contributed by atoms with Gasteiger partial charge in [-0.05, 0) is 60.3 Å². The number of unbranched alkanes of at least 4 members (excludes halogenated alkanes) is 1. The van der Waals surface area contributed by atoms with E-state index in [4.69, 9.17) is 4.55 Å². The van der Waals surface area contributed by atoms with Crippen LogP contribution in [0.3, 0.4) is 0 Å². The summed E-state index contributed by atoms with van der Waals surface area (Å²) in [6.45, 7) is 22.8. The van der Waals surface area contributed by atoms with E-state index in [1.165, 1.54) is 6.08 Å². The second-order valence-corrected chi connectivity index (χ2v) is 18.5. The Morgan fingerprint density at radius 1 is 0.922 bits per heavy atom. The van der Waals surface area contributed by atoms with Crippen LogP contribution in [0.15, 0.2) is 12.7 Å². The smallest absolute Gasteiger partial charge is 0.315 e. The molecule has 6 atom stereocenters. The van der Waals surface area contributed by atoms with E-state index in [2.05, 4.69) is 33.2 Å². The lowest BCUT2D eigenvalue weighted by molar-refractivity contribution is -0.145. The minimum absolute atomic E-state index is 0.128. The molecule has 5 amide bonds. The number of hydrogen-bond acceptors (Lipinski definition) is 7. The fourth-order valence-corrected chi connectivity index (χ4v) is 7.12. The highest BCUT2D eigenvalue weighted by Gasteiger charge is 2.50. The van der Waals surface area contributed by atoms with Crippen LogP contribution in [0.4, 0.5) is 4.79 Å². The van der Waals surface area contributed by atoms with E-state index >= 15 is 0 Å². The van der Waals surface area contributed by atoms with Crippen molar-refractivity contribution in [2.75, 3.05) is 31.9 Å². The van der Waals surface area contributed by atoms with E-state index in [9.17, 15) is 28.2 Å². The van der Waals surface area contributed by atoms with Gasteiger partial charge in [0.05, 0.1) is 6.04 Å². The molecule has 0 bridgehead atoms. The van der Waals surface area contributed by atoms with Gasteiger partial charge in [-0.2, -0.15) is 0 Å². The zero-order valence-electron chi connectivity index (χ0n) is 32.5. The average Bonchev–Trinajstić information content (AvgIpc) is 3.45. The van der Waals surface area contributed by atoms with Crippen molar-refractivity contribution in [1.82, 2.24) is 31.5 Å². The Morgan fingerprint density at radius 2 is 1.57 bits per heavy atom. The lowest BCUT2D eigenvalue weighted by Crippen LogP contribution is -2.62. The molecule has 2 unspecified atom stereocenters. The van der Waals surface area contributed by atoms with Crippen LogP contribution in [0, 0.1) is 28.1 Å². The molecule has 2 aliphatic rings. The first-order chi connectivity index (χ1) is 23.6. The molecule has 292 valence electrons. The number of Topliss-reactive ketones (excluding diaryl/α,β-unsaturated/α-hetero) is 1. The summed E-state index contributed by atoms with van der Waals surface area (Å²) in [6.07, 6.45) is 6.60. The Kier molecular flexibility index (Phi) is 16.8. The molecule has 0 aromatic heterocycles. The summed E-state index contributed by atoms with van der Waals surface area (Å²) < 4.78 is 19.9. The fourth-order valence-electron chi connectivity index (χ4n) is 6.67. The molecule has 0 spiro atoms. The monoisotopic (exact) mass is 738 g/mol. The summed E-state index contributed by atoms with van der Waals surface area (Å²) in [5.74, 6) is -2.15. The molecular formula is C37H66N6O7S. The summed E-state index contributed by atoms with van der Waals surface area (Å²) in [7, 11) is 0. The second kappa shape index (κ2) is 19.3. The number of ketones is 1. The van der Waals surface area contributed by atoms with E-state index in [-0.39, 0.29) is 46.9 Å². The molecule has 14 heteroatoms. The third-order valence-corrected chi connectivity index (χ3v) is 10.8. The van der Waals surface area contributed by atoms with Crippen molar-refractivity contribution in [3.63, 3.8) is 0 Å². The Morgan fingerprint density at radius 3 is 2.08 bits per heavy atom. The summed E-state index contributed by atoms with van der Waals surface area (Å²) in [5.41, 5.74) is -1.41. The van der Waals surface area contributed by atoms with E-state index in [0.717, 1.165) is 19.3 Å². The maximum absolute atomic E-state index is 14.5. The third kappa shape index (κ3) is 13.9. The number of nitrogens with zero attached hydrogens (tertiary/aromatic N) is 1. The Bertz CT molecular complexity index is 1250. The molecule has 1 heterocycles. The van der Waals surface area contributed by atoms with Gasteiger partial charge in [0.2, 0.25) is 17.6 Å². The molecule has 0 radical (unpaired) electrons. The van der Waals surface area contributed by atoms with Gasteiger partial charge in [0, 0.05) is 31.4 Å². The normalized spacial score (nSPS) is 20.7. The topological polar surface area (TPSA) is 186 Å².